The summed E-state index contributed by atoms with van der Waals surface area (Å²) in [5.41, 5.74) is 1.45. The van der Waals surface area contributed by atoms with Crippen LogP contribution in [0.25, 0.3) is 0 Å². The average molecular weight is 406 g/mol. The number of rotatable bonds is 9. The Hall–Kier alpha value is -2.54. The predicted molar refractivity (Wildman–Crippen MR) is 109 cm³/mol. The second-order valence-electron chi connectivity index (χ2n) is 6.50. The first-order chi connectivity index (χ1) is 13.3. The first-order valence-corrected chi connectivity index (χ1v) is 10.8. The van der Waals surface area contributed by atoms with E-state index in [1.165, 1.54) is 6.92 Å². The normalized spacial score (nSPS) is 12.3. The van der Waals surface area contributed by atoms with Gasteiger partial charge in [0.15, 0.2) is 0 Å². The van der Waals surface area contributed by atoms with Gasteiger partial charge in [-0.25, -0.2) is 0 Å². The largest absolute Gasteiger partial charge is 0.497 e. The zero-order valence-corrected chi connectivity index (χ0v) is 17.5. The molecule has 1 atom stereocenters. The highest BCUT2D eigenvalue weighted by Crippen LogP contribution is 2.21. The van der Waals surface area contributed by atoms with Crippen LogP contribution in [-0.2, 0) is 16.7 Å². The third-order valence-corrected chi connectivity index (χ3v) is 5.71. The quantitative estimate of drug-likeness (QED) is 0.592. The lowest BCUT2D eigenvalue weighted by Gasteiger charge is -2.29. The summed E-state index contributed by atoms with van der Waals surface area (Å²) < 4.78 is 33.4. The van der Waals surface area contributed by atoms with E-state index in [2.05, 4.69) is 0 Å². The number of nitrogens with zero attached hydrogens (tertiary/aromatic N) is 1. The van der Waals surface area contributed by atoms with Gasteiger partial charge in [0.1, 0.15) is 11.5 Å². The summed E-state index contributed by atoms with van der Waals surface area (Å²) in [7, 11) is -1.99. The van der Waals surface area contributed by atoms with Gasteiger partial charge in [-0.3, -0.25) is 4.79 Å². The van der Waals surface area contributed by atoms with Gasteiger partial charge in [0.25, 0.3) is 5.91 Å². The van der Waals surface area contributed by atoms with Crippen LogP contribution < -0.4 is 8.92 Å². The Morgan fingerprint density at radius 1 is 1.07 bits per heavy atom. The van der Waals surface area contributed by atoms with E-state index in [0.29, 0.717) is 17.9 Å². The molecular formula is C21H27NO5S. The molecule has 0 unspecified atom stereocenters. The summed E-state index contributed by atoms with van der Waals surface area (Å²) in [6.07, 6.45) is 0.811. The van der Waals surface area contributed by atoms with Crippen LogP contribution in [-0.4, -0.2) is 38.1 Å². The maximum Gasteiger partial charge on any atom is 0.308 e. The monoisotopic (exact) mass is 405 g/mol. The molecular weight excluding hydrogens is 378 g/mol. The molecule has 2 aromatic rings. The van der Waals surface area contributed by atoms with Crippen molar-refractivity contribution in [2.45, 2.75) is 39.8 Å². The molecule has 0 fully saturated rings. The van der Waals surface area contributed by atoms with Crippen molar-refractivity contribution in [2.75, 3.05) is 12.9 Å². The lowest BCUT2D eigenvalue weighted by atomic mass is 10.1. The molecule has 6 nitrogen and oxygen atoms in total. The fourth-order valence-electron chi connectivity index (χ4n) is 2.62. The van der Waals surface area contributed by atoms with E-state index in [0.717, 1.165) is 12.0 Å². The molecule has 0 spiro atoms. The van der Waals surface area contributed by atoms with Gasteiger partial charge in [0.05, 0.1) is 12.9 Å². The second-order valence-corrected chi connectivity index (χ2v) is 8.36. The maximum absolute atomic E-state index is 13.1. The first-order valence-electron chi connectivity index (χ1n) is 9.25. The second kappa shape index (κ2) is 9.59. The Bertz CT molecular complexity index is 893. The topological polar surface area (TPSA) is 72.9 Å². The molecule has 7 heteroatoms. The molecule has 0 saturated carbocycles. The summed E-state index contributed by atoms with van der Waals surface area (Å²) >= 11 is 0. The van der Waals surface area contributed by atoms with Crippen LogP contribution in [0.4, 0.5) is 0 Å². The molecule has 0 radical (unpaired) electrons. The molecule has 28 heavy (non-hydrogen) atoms. The van der Waals surface area contributed by atoms with Gasteiger partial charge in [-0.1, -0.05) is 25.1 Å². The number of methoxy groups -OCH3 is 1. The van der Waals surface area contributed by atoms with Crippen LogP contribution >= 0.6 is 0 Å². The molecule has 2 rings (SSSR count). The minimum absolute atomic E-state index is 0.0371. The van der Waals surface area contributed by atoms with Gasteiger partial charge < -0.3 is 13.8 Å². The van der Waals surface area contributed by atoms with Crippen LogP contribution in [0.3, 0.4) is 0 Å². The Kier molecular flexibility index (Phi) is 7.45. The lowest BCUT2D eigenvalue weighted by molar-refractivity contribution is 0.0671. The number of benzene rings is 2. The average Bonchev–Trinajstić information content (AvgIpc) is 2.72. The minimum Gasteiger partial charge on any atom is -0.497 e. The summed E-state index contributed by atoms with van der Waals surface area (Å²) in [5, 5.41) is 0. The zero-order chi connectivity index (χ0) is 20.7. The Balaban J connectivity index is 2.21. The molecule has 0 bridgehead atoms. The Morgan fingerprint density at radius 2 is 1.75 bits per heavy atom. The van der Waals surface area contributed by atoms with Crippen LogP contribution in [0.5, 0.6) is 11.5 Å². The first kappa shape index (κ1) is 21.8. The van der Waals surface area contributed by atoms with E-state index in [9.17, 15) is 13.2 Å². The molecule has 0 aliphatic heterocycles. The summed E-state index contributed by atoms with van der Waals surface area (Å²) in [5.74, 6) is 0.724. The van der Waals surface area contributed by atoms with Crippen molar-refractivity contribution >= 4 is 16.0 Å². The third-order valence-electron chi connectivity index (χ3n) is 4.55. The molecule has 2 aromatic carbocycles. The van der Waals surface area contributed by atoms with Crippen molar-refractivity contribution in [3.8, 4) is 11.5 Å². The van der Waals surface area contributed by atoms with Crippen molar-refractivity contribution in [3.63, 3.8) is 0 Å². The van der Waals surface area contributed by atoms with Crippen LogP contribution in [0.2, 0.25) is 0 Å². The van der Waals surface area contributed by atoms with E-state index in [1.807, 2.05) is 13.8 Å². The highest BCUT2D eigenvalue weighted by Gasteiger charge is 2.21. The molecule has 0 aromatic heterocycles. The van der Waals surface area contributed by atoms with E-state index in [1.54, 1.807) is 60.5 Å². The maximum atomic E-state index is 13.1. The molecule has 1 amide bonds. The summed E-state index contributed by atoms with van der Waals surface area (Å²) in [6, 6.07) is 13.9. The lowest BCUT2D eigenvalue weighted by Crippen LogP contribution is -2.37. The van der Waals surface area contributed by atoms with E-state index < -0.39 is 10.1 Å². The van der Waals surface area contributed by atoms with Gasteiger partial charge in [-0.2, -0.15) is 8.42 Å². The van der Waals surface area contributed by atoms with Gasteiger partial charge in [0.2, 0.25) is 0 Å². The summed E-state index contributed by atoms with van der Waals surface area (Å²) in [4.78, 5) is 14.9. The Labute approximate surface area is 167 Å². The number of hydrogen-bond acceptors (Lipinski definition) is 5. The van der Waals surface area contributed by atoms with E-state index in [4.69, 9.17) is 8.92 Å². The van der Waals surface area contributed by atoms with Crippen molar-refractivity contribution in [2.24, 2.45) is 0 Å². The smallest absolute Gasteiger partial charge is 0.308 e. The van der Waals surface area contributed by atoms with Crippen molar-refractivity contribution in [1.82, 2.24) is 4.90 Å². The number of hydrogen-bond donors (Lipinski definition) is 0. The van der Waals surface area contributed by atoms with E-state index >= 15 is 0 Å². The minimum atomic E-state index is -3.56. The summed E-state index contributed by atoms with van der Waals surface area (Å²) in [6.45, 7) is 5.97. The number of carbonyl (C=O) groups excluding carboxylic acids is 1. The van der Waals surface area contributed by atoms with Crippen molar-refractivity contribution < 1.29 is 22.1 Å². The van der Waals surface area contributed by atoms with Crippen LogP contribution in [0, 0.1) is 0 Å². The number of amides is 1. The van der Waals surface area contributed by atoms with Crippen molar-refractivity contribution in [1.29, 1.82) is 0 Å². The van der Waals surface area contributed by atoms with Crippen LogP contribution in [0.1, 0.15) is 43.1 Å². The van der Waals surface area contributed by atoms with Gasteiger partial charge >= 0.3 is 10.1 Å². The molecule has 0 saturated heterocycles. The molecule has 0 N–H and O–H groups in total. The van der Waals surface area contributed by atoms with Gasteiger partial charge in [-0.15, -0.1) is 0 Å². The predicted octanol–water partition coefficient (Wildman–Crippen LogP) is 3.86. The highest BCUT2D eigenvalue weighted by atomic mass is 32.2. The van der Waals surface area contributed by atoms with Gasteiger partial charge in [-0.05, 0) is 56.2 Å². The van der Waals surface area contributed by atoms with Gasteiger partial charge in [0, 0.05) is 18.2 Å². The fourth-order valence-corrected chi connectivity index (χ4v) is 3.14. The number of carbonyl (C=O) groups is 1. The molecule has 152 valence electrons. The fraction of sp³-hybridized carbons (Fsp3) is 0.381. The highest BCUT2D eigenvalue weighted by molar-refractivity contribution is 7.87. The SMILES string of the molecule is CC[C@@H](C)N(Cc1ccc(OS(=O)(=O)CC)cc1)C(=O)c1cccc(OC)c1. The zero-order valence-electron chi connectivity index (χ0n) is 16.7. The third kappa shape index (κ3) is 5.73. The van der Waals surface area contributed by atoms with Crippen molar-refractivity contribution in [3.05, 3.63) is 59.7 Å². The molecule has 0 aliphatic carbocycles. The molecule has 0 aliphatic rings. The molecule has 0 heterocycles. The number of ether oxygens (including phenoxy) is 1. The van der Waals surface area contributed by atoms with E-state index in [-0.39, 0.29) is 23.5 Å². The Morgan fingerprint density at radius 3 is 2.32 bits per heavy atom. The standard InChI is InChI=1S/C21H27NO5S/c1-5-16(3)22(21(23)18-8-7-9-20(14-18)26-4)15-17-10-12-19(13-11-17)27-28(24,25)6-2/h7-14,16H,5-6,15H2,1-4H3/t16-/m1/s1. The van der Waals surface area contributed by atoms with Crippen LogP contribution in [0.15, 0.2) is 48.5 Å².